The van der Waals surface area contributed by atoms with Crippen molar-refractivity contribution >= 4 is 5.71 Å². The summed E-state index contributed by atoms with van der Waals surface area (Å²) in [4.78, 5) is 5.78. The predicted octanol–water partition coefficient (Wildman–Crippen LogP) is 3.47. The smallest absolute Gasteiger partial charge is 0.161 e. The van der Waals surface area contributed by atoms with Crippen LogP contribution in [0.5, 0.6) is 0 Å². The van der Waals surface area contributed by atoms with Crippen LogP contribution in [0.15, 0.2) is 29.4 Å². The molecule has 0 saturated heterocycles. The van der Waals surface area contributed by atoms with Gasteiger partial charge in [0.1, 0.15) is 5.60 Å². The molecule has 3 heteroatoms. The van der Waals surface area contributed by atoms with Gasteiger partial charge in [-0.3, -0.25) is 0 Å². The van der Waals surface area contributed by atoms with Gasteiger partial charge in [-0.15, -0.1) is 0 Å². The van der Waals surface area contributed by atoms with Gasteiger partial charge in [0.2, 0.25) is 0 Å². The highest BCUT2D eigenvalue weighted by molar-refractivity contribution is 5.97. The molecule has 3 nitrogen and oxygen atoms in total. The van der Waals surface area contributed by atoms with Gasteiger partial charge < -0.3 is 9.94 Å². The van der Waals surface area contributed by atoms with E-state index in [1.165, 1.54) is 11.1 Å². The molecule has 1 aromatic rings. The van der Waals surface area contributed by atoms with Gasteiger partial charge in [0.15, 0.2) is 6.10 Å². The molecule has 2 unspecified atom stereocenters. The van der Waals surface area contributed by atoms with E-state index in [2.05, 4.69) is 50.2 Å². The number of benzene rings is 1. The van der Waals surface area contributed by atoms with E-state index >= 15 is 0 Å². The van der Waals surface area contributed by atoms with Gasteiger partial charge in [-0.2, -0.15) is 0 Å². The van der Waals surface area contributed by atoms with E-state index in [4.69, 9.17) is 4.84 Å². The van der Waals surface area contributed by atoms with Crippen LogP contribution in [0.1, 0.15) is 44.4 Å². The molecule has 3 aliphatic carbocycles. The number of hydrogen-bond donors (Lipinski definition) is 1. The fourth-order valence-electron chi connectivity index (χ4n) is 4.94. The summed E-state index contributed by atoms with van der Waals surface area (Å²) < 4.78 is 0. The Morgan fingerprint density at radius 1 is 1.19 bits per heavy atom. The van der Waals surface area contributed by atoms with Crippen molar-refractivity contribution in [2.24, 2.45) is 28.3 Å². The van der Waals surface area contributed by atoms with Crippen LogP contribution < -0.4 is 0 Å². The highest BCUT2D eigenvalue weighted by atomic mass is 16.6. The molecule has 0 spiro atoms. The first-order chi connectivity index (χ1) is 9.83. The SMILES string of the molecule is Cc1ccc(C2ON=C3C2[C@H]2C[C@H](C2(C)C)[C@@]3(C)O)cc1. The molecule has 3 saturated carbocycles. The van der Waals surface area contributed by atoms with Crippen molar-refractivity contribution in [2.45, 2.75) is 45.8 Å². The summed E-state index contributed by atoms with van der Waals surface area (Å²) in [6, 6.07) is 8.49. The average Bonchev–Trinajstić information content (AvgIpc) is 2.84. The van der Waals surface area contributed by atoms with Gasteiger partial charge in [-0.25, -0.2) is 0 Å². The Morgan fingerprint density at radius 2 is 1.86 bits per heavy atom. The Hall–Kier alpha value is -1.35. The summed E-state index contributed by atoms with van der Waals surface area (Å²) in [6.45, 7) is 8.57. The maximum Gasteiger partial charge on any atom is 0.161 e. The van der Waals surface area contributed by atoms with Gasteiger partial charge in [-0.1, -0.05) is 48.8 Å². The predicted molar refractivity (Wildman–Crippen MR) is 81.9 cm³/mol. The van der Waals surface area contributed by atoms with Crippen LogP contribution in [-0.2, 0) is 4.84 Å². The summed E-state index contributed by atoms with van der Waals surface area (Å²) in [7, 11) is 0. The van der Waals surface area contributed by atoms with Crippen LogP contribution in [-0.4, -0.2) is 16.4 Å². The van der Waals surface area contributed by atoms with Crippen molar-refractivity contribution in [3.05, 3.63) is 35.4 Å². The van der Waals surface area contributed by atoms with Crippen LogP contribution in [0.4, 0.5) is 0 Å². The van der Waals surface area contributed by atoms with Crippen LogP contribution in [0.3, 0.4) is 0 Å². The third-order valence-electron chi connectivity index (χ3n) is 6.29. The molecule has 1 aromatic carbocycles. The number of aryl methyl sites for hydroxylation is 1. The lowest BCUT2D eigenvalue weighted by atomic mass is 9.40. The molecule has 5 rings (SSSR count). The van der Waals surface area contributed by atoms with E-state index in [-0.39, 0.29) is 17.4 Å². The van der Waals surface area contributed by atoms with E-state index in [1.54, 1.807) is 0 Å². The Bertz CT molecular complexity index is 615. The van der Waals surface area contributed by atoms with Crippen molar-refractivity contribution in [1.29, 1.82) is 0 Å². The first-order valence-corrected chi connectivity index (χ1v) is 7.86. The van der Waals surface area contributed by atoms with E-state index in [1.807, 2.05) is 6.92 Å². The molecule has 21 heavy (non-hydrogen) atoms. The van der Waals surface area contributed by atoms with E-state index in [9.17, 15) is 5.11 Å². The second-order valence-corrected chi connectivity index (χ2v) is 7.80. The largest absolute Gasteiger partial charge is 0.387 e. The van der Waals surface area contributed by atoms with Crippen molar-refractivity contribution in [3.63, 3.8) is 0 Å². The first kappa shape index (κ1) is 13.3. The lowest BCUT2D eigenvalue weighted by Gasteiger charge is -2.64. The number of rotatable bonds is 1. The molecular weight excluding hydrogens is 262 g/mol. The molecule has 3 fully saturated rings. The molecule has 0 aromatic heterocycles. The van der Waals surface area contributed by atoms with Crippen LogP contribution in [0.2, 0.25) is 0 Å². The molecule has 5 atom stereocenters. The maximum atomic E-state index is 11.0. The lowest BCUT2D eigenvalue weighted by molar-refractivity contribution is -0.162. The fourth-order valence-corrected chi connectivity index (χ4v) is 4.94. The van der Waals surface area contributed by atoms with Gasteiger partial charge in [0.25, 0.3) is 0 Å². The second kappa shape index (κ2) is 3.89. The molecule has 0 radical (unpaired) electrons. The summed E-state index contributed by atoms with van der Waals surface area (Å²) in [6.07, 6.45) is 1.03. The Labute approximate surface area is 126 Å². The third-order valence-corrected chi connectivity index (χ3v) is 6.29. The monoisotopic (exact) mass is 285 g/mol. The van der Waals surface area contributed by atoms with Crippen molar-refractivity contribution < 1.29 is 9.94 Å². The molecule has 1 heterocycles. The van der Waals surface area contributed by atoms with Crippen LogP contribution >= 0.6 is 0 Å². The summed E-state index contributed by atoms with van der Waals surface area (Å²) in [5.41, 5.74) is 2.61. The minimum absolute atomic E-state index is 0.0439. The first-order valence-electron chi connectivity index (χ1n) is 7.86. The number of hydrogen-bond acceptors (Lipinski definition) is 3. The van der Waals surface area contributed by atoms with Gasteiger partial charge in [-0.05, 0) is 43.1 Å². The average molecular weight is 285 g/mol. The normalized spacial score (nSPS) is 42.6. The number of aliphatic hydroxyl groups is 1. The highest BCUT2D eigenvalue weighted by Gasteiger charge is 2.69. The van der Waals surface area contributed by atoms with Crippen LogP contribution in [0, 0.1) is 30.1 Å². The minimum atomic E-state index is -0.831. The molecule has 0 amide bonds. The summed E-state index contributed by atoms with van der Waals surface area (Å²) in [5, 5.41) is 15.3. The Kier molecular flexibility index (Phi) is 2.47. The van der Waals surface area contributed by atoms with E-state index in [0.717, 1.165) is 12.1 Å². The lowest BCUT2D eigenvalue weighted by Crippen LogP contribution is -2.68. The zero-order chi connectivity index (χ0) is 15.0. The van der Waals surface area contributed by atoms with Crippen molar-refractivity contribution in [1.82, 2.24) is 0 Å². The highest BCUT2D eigenvalue weighted by Crippen LogP contribution is 2.67. The quantitative estimate of drug-likeness (QED) is 0.858. The topological polar surface area (TPSA) is 41.8 Å². The standard InChI is InChI=1S/C18H23NO2/c1-10-5-7-11(8-6-10)15-14-12-9-13(17(12,2)3)18(4,20)16(14)19-21-15/h5-8,12-15,20H,9H2,1-4H3/t12-,13-,14?,15?,18-/m1/s1. The second-order valence-electron chi connectivity index (χ2n) is 7.80. The van der Waals surface area contributed by atoms with Crippen molar-refractivity contribution in [2.75, 3.05) is 0 Å². The Morgan fingerprint density at radius 3 is 2.48 bits per heavy atom. The summed E-state index contributed by atoms with van der Waals surface area (Å²) >= 11 is 0. The summed E-state index contributed by atoms with van der Waals surface area (Å²) in [5.74, 6) is 1.06. The fraction of sp³-hybridized carbons (Fsp3) is 0.611. The third kappa shape index (κ3) is 1.56. The Balaban J connectivity index is 1.74. The van der Waals surface area contributed by atoms with E-state index in [0.29, 0.717) is 11.8 Å². The van der Waals surface area contributed by atoms with Crippen LogP contribution in [0.25, 0.3) is 0 Å². The van der Waals surface area contributed by atoms with Crippen molar-refractivity contribution in [3.8, 4) is 0 Å². The molecule has 112 valence electrons. The zero-order valence-corrected chi connectivity index (χ0v) is 13.1. The molecule has 2 bridgehead atoms. The molecule has 1 aliphatic heterocycles. The number of nitrogens with zero attached hydrogens (tertiary/aromatic N) is 1. The maximum absolute atomic E-state index is 11.0. The van der Waals surface area contributed by atoms with Gasteiger partial charge >= 0.3 is 0 Å². The van der Waals surface area contributed by atoms with Gasteiger partial charge in [0.05, 0.1) is 11.6 Å². The van der Waals surface area contributed by atoms with E-state index < -0.39 is 5.60 Å². The molecule has 4 aliphatic rings. The molecular formula is C18H23NO2. The molecule has 1 N–H and O–H groups in total. The zero-order valence-electron chi connectivity index (χ0n) is 13.1. The van der Waals surface area contributed by atoms with Gasteiger partial charge in [0, 0.05) is 0 Å². The number of oxime groups is 1. The minimum Gasteiger partial charge on any atom is -0.387 e.